The summed E-state index contributed by atoms with van der Waals surface area (Å²) in [6.45, 7) is 7.66. The third kappa shape index (κ3) is 4.86. The Morgan fingerprint density at radius 1 is 0.871 bits per heavy atom. The van der Waals surface area contributed by atoms with Crippen molar-refractivity contribution in [3.63, 3.8) is 0 Å². The molecular weight excluding hydrogens is 410 g/mol. The summed E-state index contributed by atoms with van der Waals surface area (Å²) in [4.78, 5) is 4.82. The van der Waals surface area contributed by atoms with Gasteiger partial charge in [-0.05, 0) is 56.8 Å². The first-order valence-corrected chi connectivity index (χ1v) is 11.8. The summed E-state index contributed by atoms with van der Waals surface area (Å²) in [6, 6.07) is 16.4. The van der Waals surface area contributed by atoms with Gasteiger partial charge >= 0.3 is 0 Å². The van der Waals surface area contributed by atoms with Gasteiger partial charge in [0.2, 0.25) is 0 Å². The van der Waals surface area contributed by atoms with Crippen molar-refractivity contribution in [3.8, 4) is 11.3 Å². The fraction of sp³-hybridized carbons (Fsp3) is 0.304. The monoisotopic (exact) mass is 437 g/mol. The molecule has 31 heavy (non-hydrogen) atoms. The van der Waals surface area contributed by atoms with Gasteiger partial charge in [-0.3, -0.25) is 4.72 Å². The molecule has 7 nitrogen and oxygen atoms in total. The Morgan fingerprint density at radius 3 is 2.19 bits per heavy atom. The van der Waals surface area contributed by atoms with E-state index in [-0.39, 0.29) is 4.90 Å². The molecule has 0 saturated carbocycles. The maximum Gasteiger partial charge on any atom is 0.262 e. The van der Waals surface area contributed by atoms with Crippen molar-refractivity contribution in [1.29, 1.82) is 0 Å². The van der Waals surface area contributed by atoms with Gasteiger partial charge in [-0.1, -0.05) is 29.8 Å². The Bertz CT molecular complexity index is 1150. The molecular formula is C23H27N5O2S. The SMILES string of the molecule is Cc1ccc(S(=O)(=O)Nc2ccc(-c3ccc(N4CCN(C)CC4)nn3)cc2)c(C)c1. The zero-order valence-corrected chi connectivity index (χ0v) is 18.9. The largest absolute Gasteiger partial charge is 0.353 e. The summed E-state index contributed by atoms with van der Waals surface area (Å²) in [6.07, 6.45) is 0. The zero-order chi connectivity index (χ0) is 22.0. The standard InChI is InChI=1S/C23H27N5O2S/c1-17-4-10-22(18(2)16-17)31(29,30)26-20-7-5-19(6-8-20)21-9-11-23(25-24-21)28-14-12-27(3)13-15-28/h4-11,16,26H,12-15H2,1-3H3. The molecule has 0 radical (unpaired) electrons. The van der Waals surface area contributed by atoms with Crippen LogP contribution in [-0.2, 0) is 10.0 Å². The van der Waals surface area contributed by atoms with Gasteiger partial charge in [-0.25, -0.2) is 8.42 Å². The molecule has 1 N–H and O–H groups in total. The smallest absolute Gasteiger partial charge is 0.262 e. The second-order valence-electron chi connectivity index (χ2n) is 8.02. The summed E-state index contributed by atoms with van der Waals surface area (Å²) in [5.41, 5.74) is 3.89. The summed E-state index contributed by atoms with van der Waals surface area (Å²) in [7, 11) is -1.52. The number of sulfonamides is 1. The van der Waals surface area contributed by atoms with Crippen molar-refractivity contribution in [3.05, 3.63) is 65.7 Å². The Balaban J connectivity index is 1.47. The molecule has 0 amide bonds. The molecule has 3 aromatic rings. The Morgan fingerprint density at radius 2 is 1.58 bits per heavy atom. The predicted molar refractivity (Wildman–Crippen MR) is 124 cm³/mol. The van der Waals surface area contributed by atoms with E-state index in [4.69, 9.17) is 0 Å². The van der Waals surface area contributed by atoms with E-state index in [2.05, 4.69) is 31.8 Å². The topological polar surface area (TPSA) is 78.4 Å². The van der Waals surface area contributed by atoms with E-state index in [0.717, 1.165) is 54.4 Å². The van der Waals surface area contributed by atoms with Gasteiger partial charge in [0.15, 0.2) is 5.82 Å². The molecule has 1 aromatic heterocycles. The van der Waals surface area contributed by atoms with E-state index in [0.29, 0.717) is 5.69 Å². The second kappa shape index (κ2) is 8.64. The van der Waals surface area contributed by atoms with Crippen LogP contribution in [0.2, 0.25) is 0 Å². The quantitative estimate of drug-likeness (QED) is 0.660. The maximum absolute atomic E-state index is 12.8. The van der Waals surface area contributed by atoms with Crippen LogP contribution in [0, 0.1) is 13.8 Å². The molecule has 4 rings (SSSR count). The number of piperazine rings is 1. The summed E-state index contributed by atoms with van der Waals surface area (Å²) >= 11 is 0. The number of nitrogens with one attached hydrogen (secondary N) is 1. The molecule has 2 aromatic carbocycles. The molecule has 2 heterocycles. The Hall–Kier alpha value is -2.97. The average molecular weight is 438 g/mol. The molecule has 8 heteroatoms. The third-order valence-electron chi connectivity index (χ3n) is 5.53. The number of aryl methyl sites for hydroxylation is 2. The van der Waals surface area contributed by atoms with Crippen molar-refractivity contribution >= 4 is 21.5 Å². The lowest BCUT2D eigenvalue weighted by atomic mass is 10.1. The number of likely N-dealkylation sites (N-methyl/N-ethyl adjacent to an activating group) is 1. The molecule has 1 saturated heterocycles. The maximum atomic E-state index is 12.8. The minimum Gasteiger partial charge on any atom is -0.353 e. The fourth-order valence-corrected chi connectivity index (χ4v) is 4.99. The lowest BCUT2D eigenvalue weighted by Crippen LogP contribution is -2.44. The lowest BCUT2D eigenvalue weighted by Gasteiger charge is -2.32. The number of hydrogen-bond acceptors (Lipinski definition) is 6. The van der Waals surface area contributed by atoms with Gasteiger partial charge in [-0.15, -0.1) is 10.2 Å². The number of aromatic nitrogens is 2. The zero-order valence-electron chi connectivity index (χ0n) is 18.0. The molecule has 1 fully saturated rings. The minimum atomic E-state index is -3.65. The molecule has 1 aliphatic heterocycles. The Labute approximate surface area is 183 Å². The highest BCUT2D eigenvalue weighted by Gasteiger charge is 2.18. The van der Waals surface area contributed by atoms with E-state index in [1.54, 1.807) is 31.2 Å². The summed E-state index contributed by atoms with van der Waals surface area (Å²) < 4.78 is 28.2. The summed E-state index contributed by atoms with van der Waals surface area (Å²) in [5.74, 6) is 0.884. The number of hydrogen-bond donors (Lipinski definition) is 1. The number of anilines is 2. The molecule has 0 aliphatic carbocycles. The second-order valence-corrected chi connectivity index (χ2v) is 9.67. The highest BCUT2D eigenvalue weighted by Crippen LogP contribution is 2.24. The number of nitrogens with zero attached hydrogens (tertiary/aromatic N) is 4. The van der Waals surface area contributed by atoms with Crippen LogP contribution in [0.15, 0.2) is 59.5 Å². The van der Waals surface area contributed by atoms with Gasteiger partial charge in [0.25, 0.3) is 10.0 Å². The van der Waals surface area contributed by atoms with Crippen LogP contribution in [0.5, 0.6) is 0 Å². The fourth-order valence-electron chi connectivity index (χ4n) is 3.70. The van der Waals surface area contributed by atoms with Gasteiger partial charge < -0.3 is 9.80 Å². The predicted octanol–water partition coefficient (Wildman–Crippen LogP) is 3.31. The van der Waals surface area contributed by atoms with E-state index in [1.807, 2.05) is 37.3 Å². The van der Waals surface area contributed by atoms with Crippen molar-refractivity contribution in [2.75, 3.05) is 42.8 Å². The molecule has 1 aliphatic rings. The number of benzene rings is 2. The lowest BCUT2D eigenvalue weighted by molar-refractivity contribution is 0.312. The minimum absolute atomic E-state index is 0.285. The van der Waals surface area contributed by atoms with E-state index in [9.17, 15) is 8.42 Å². The van der Waals surface area contributed by atoms with Gasteiger partial charge in [-0.2, -0.15) is 0 Å². The molecule has 0 atom stereocenters. The van der Waals surface area contributed by atoms with Crippen LogP contribution >= 0.6 is 0 Å². The van der Waals surface area contributed by atoms with Crippen LogP contribution in [0.25, 0.3) is 11.3 Å². The highest BCUT2D eigenvalue weighted by atomic mass is 32.2. The van der Waals surface area contributed by atoms with Crippen LogP contribution < -0.4 is 9.62 Å². The average Bonchev–Trinajstić information content (AvgIpc) is 2.74. The molecule has 0 spiro atoms. The van der Waals surface area contributed by atoms with Crippen molar-refractivity contribution in [1.82, 2.24) is 15.1 Å². The van der Waals surface area contributed by atoms with E-state index < -0.39 is 10.0 Å². The first kappa shape index (κ1) is 21.3. The van der Waals surface area contributed by atoms with Gasteiger partial charge in [0.1, 0.15) is 0 Å². The summed E-state index contributed by atoms with van der Waals surface area (Å²) in [5, 5.41) is 8.76. The van der Waals surface area contributed by atoms with Crippen LogP contribution in [0.3, 0.4) is 0 Å². The Kier molecular flexibility index (Phi) is 5.93. The highest BCUT2D eigenvalue weighted by molar-refractivity contribution is 7.92. The molecule has 0 bridgehead atoms. The third-order valence-corrected chi connectivity index (χ3v) is 7.07. The van der Waals surface area contributed by atoms with E-state index in [1.165, 1.54) is 0 Å². The molecule has 162 valence electrons. The van der Waals surface area contributed by atoms with Crippen molar-refractivity contribution < 1.29 is 8.42 Å². The van der Waals surface area contributed by atoms with Crippen molar-refractivity contribution in [2.45, 2.75) is 18.7 Å². The van der Waals surface area contributed by atoms with Crippen molar-refractivity contribution in [2.24, 2.45) is 0 Å². The van der Waals surface area contributed by atoms with Gasteiger partial charge in [0, 0.05) is 37.4 Å². The number of rotatable bonds is 5. The van der Waals surface area contributed by atoms with E-state index >= 15 is 0 Å². The van der Waals surface area contributed by atoms with Gasteiger partial charge in [0.05, 0.1) is 10.6 Å². The normalized spacial score (nSPS) is 15.1. The van der Waals surface area contributed by atoms with Crippen LogP contribution in [-0.4, -0.2) is 56.7 Å². The molecule has 0 unspecified atom stereocenters. The van der Waals surface area contributed by atoms with Crippen LogP contribution in [0.1, 0.15) is 11.1 Å². The first-order chi connectivity index (χ1) is 14.8. The van der Waals surface area contributed by atoms with Crippen LogP contribution in [0.4, 0.5) is 11.5 Å². The first-order valence-electron chi connectivity index (χ1n) is 10.3.